The van der Waals surface area contributed by atoms with Crippen LogP contribution in [0, 0.1) is 0 Å². The van der Waals surface area contributed by atoms with Crippen molar-refractivity contribution >= 4 is 5.97 Å². The van der Waals surface area contributed by atoms with Crippen molar-refractivity contribution in [1.82, 2.24) is 0 Å². The van der Waals surface area contributed by atoms with Gasteiger partial charge >= 0.3 is 5.97 Å². The molecular formula is C8H12O5. The maximum absolute atomic E-state index is 10.6. The Bertz CT molecular complexity index is 257. The van der Waals surface area contributed by atoms with Gasteiger partial charge < -0.3 is 20.4 Å². The van der Waals surface area contributed by atoms with Gasteiger partial charge in [0.15, 0.2) is 0 Å². The highest BCUT2D eigenvalue weighted by molar-refractivity contribution is 5.89. The molecule has 13 heavy (non-hydrogen) atoms. The van der Waals surface area contributed by atoms with Crippen molar-refractivity contribution in [2.45, 2.75) is 31.7 Å². The summed E-state index contributed by atoms with van der Waals surface area (Å²) in [5, 5.41) is 36.3. The van der Waals surface area contributed by atoms with E-state index in [1.165, 1.54) is 6.92 Å². The molecule has 0 aromatic rings. The number of aliphatic carboxylic acids is 1. The van der Waals surface area contributed by atoms with Crippen molar-refractivity contribution in [1.29, 1.82) is 0 Å². The Labute approximate surface area is 74.9 Å². The molecule has 0 radical (unpaired) electrons. The normalized spacial score (nSPS) is 34.9. The number of hydrogen-bond donors (Lipinski definition) is 4. The predicted octanol–water partition coefficient (Wildman–Crippen LogP) is -1.13. The van der Waals surface area contributed by atoms with Gasteiger partial charge in [0.1, 0.15) is 12.2 Å². The van der Waals surface area contributed by atoms with Crippen LogP contribution >= 0.6 is 0 Å². The molecule has 5 heteroatoms. The largest absolute Gasteiger partial charge is 0.478 e. The third-order valence-corrected chi connectivity index (χ3v) is 2.22. The molecule has 1 aliphatic carbocycles. The zero-order valence-corrected chi connectivity index (χ0v) is 7.14. The summed E-state index contributed by atoms with van der Waals surface area (Å²) in [5.74, 6) is -1.25. The highest BCUT2D eigenvalue weighted by atomic mass is 16.4. The highest BCUT2D eigenvalue weighted by Crippen LogP contribution is 2.25. The van der Waals surface area contributed by atoms with E-state index in [-0.39, 0.29) is 12.0 Å². The molecule has 0 aromatic carbocycles. The lowest BCUT2D eigenvalue weighted by atomic mass is 9.86. The Morgan fingerprint density at radius 1 is 1.38 bits per heavy atom. The molecule has 0 fully saturated rings. The van der Waals surface area contributed by atoms with Gasteiger partial charge in [-0.1, -0.05) is 5.57 Å². The number of carbonyl (C=O) groups is 1. The summed E-state index contributed by atoms with van der Waals surface area (Å²) in [5.41, 5.74) is 0.190. The lowest BCUT2D eigenvalue weighted by Crippen LogP contribution is -2.44. The minimum Gasteiger partial charge on any atom is -0.478 e. The Balaban J connectivity index is 3.03. The summed E-state index contributed by atoms with van der Waals surface area (Å²) in [6, 6.07) is 0. The molecule has 0 saturated carbocycles. The van der Waals surface area contributed by atoms with Crippen LogP contribution in [0.3, 0.4) is 0 Å². The molecule has 0 aliphatic heterocycles. The fourth-order valence-corrected chi connectivity index (χ4v) is 1.49. The van der Waals surface area contributed by atoms with Crippen LogP contribution in [-0.4, -0.2) is 44.7 Å². The van der Waals surface area contributed by atoms with E-state index < -0.39 is 24.3 Å². The summed E-state index contributed by atoms with van der Waals surface area (Å²) in [7, 11) is 0. The second-order valence-electron chi connectivity index (χ2n) is 3.21. The first-order valence-corrected chi connectivity index (χ1v) is 3.92. The molecule has 0 spiro atoms. The Morgan fingerprint density at radius 3 is 2.38 bits per heavy atom. The van der Waals surface area contributed by atoms with Crippen molar-refractivity contribution in [3.8, 4) is 0 Å². The van der Waals surface area contributed by atoms with Gasteiger partial charge in [-0.05, 0) is 13.3 Å². The molecule has 0 heterocycles. The third-order valence-electron chi connectivity index (χ3n) is 2.22. The number of carboxylic acids is 1. The summed E-state index contributed by atoms with van der Waals surface area (Å²) in [6.45, 7) is 1.52. The maximum atomic E-state index is 10.6. The smallest absolute Gasteiger partial charge is 0.334 e. The molecule has 3 unspecified atom stereocenters. The molecule has 5 nitrogen and oxygen atoms in total. The van der Waals surface area contributed by atoms with E-state index in [1.807, 2.05) is 0 Å². The van der Waals surface area contributed by atoms with Crippen molar-refractivity contribution in [3.63, 3.8) is 0 Å². The molecule has 74 valence electrons. The SMILES string of the molecule is CC1=C(C(=O)O)C(O)C(O)C(O)C1. The van der Waals surface area contributed by atoms with Gasteiger partial charge in [0.2, 0.25) is 0 Å². The van der Waals surface area contributed by atoms with Gasteiger partial charge in [0.05, 0.1) is 11.7 Å². The predicted molar refractivity (Wildman–Crippen MR) is 43.0 cm³/mol. The van der Waals surface area contributed by atoms with Crippen molar-refractivity contribution in [3.05, 3.63) is 11.1 Å². The number of aliphatic hydroxyl groups excluding tert-OH is 3. The molecule has 0 saturated heterocycles. The first-order valence-electron chi connectivity index (χ1n) is 3.92. The van der Waals surface area contributed by atoms with Crippen LogP contribution in [0.1, 0.15) is 13.3 Å². The topological polar surface area (TPSA) is 98.0 Å². The van der Waals surface area contributed by atoms with Crippen LogP contribution in [-0.2, 0) is 4.79 Å². The van der Waals surface area contributed by atoms with Gasteiger partial charge in [-0.25, -0.2) is 4.79 Å². The second kappa shape index (κ2) is 3.45. The van der Waals surface area contributed by atoms with Crippen LogP contribution in [0.4, 0.5) is 0 Å². The van der Waals surface area contributed by atoms with Gasteiger partial charge in [0.25, 0.3) is 0 Å². The molecular weight excluding hydrogens is 176 g/mol. The number of rotatable bonds is 1. The van der Waals surface area contributed by atoms with E-state index in [9.17, 15) is 20.1 Å². The number of hydrogen-bond acceptors (Lipinski definition) is 4. The monoisotopic (exact) mass is 188 g/mol. The zero-order valence-electron chi connectivity index (χ0n) is 7.14. The summed E-state index contributed by atoms with van der Waals surface area (Å²) < 4.78 is 0. The standard InChI is InChI=1S/C8H12O5/c1-3-2-4(9)6(10)7(11)5(3)8(12)13/h4,6-7,9-11H,2H2,1H3,(H,12,13). The summed E-state index contributed by atoms with van der Waals surface area (Å²) >= 11 is 0. The van der Waals surface area contributed by atoms with E-state index in [4.69, 9.17) is 5.11 Å². The van der Waals surface area contributed by atoms with E-state index in [0.717, 1.165) is 0 Å². The van der Waals surface area contributed by atoms with Crippen LogP contribution in [0.5, 0.6) is 0 Å². The fourth-order valence-electron chi connectivity index (χ4n) is 1.49. The average Bonchev–Trinajstić information content (AvgIpc) is 1.99. The van der Waals surface area contributed by atoms with Gasteiger partial charge in [-0.2, -0.15) is 0 Å². The fraction of sp³-hybridized carbons (Fsp3) is 0.625. The van der Waals surface area contributed by atoms with Crippen LogP contribution < -0.4 is 0 Å². The summed E-state index contributed by atoms with van der Waals surface area (Å²) in [4.78, 5) is 10.6. The summed E-state index contributed by atoms with van der Waals surface area (Å²) in [6.07, 6.45) is -3.91. The first kappa shape index (κ1) is 10.2. The second-order valence-corrected chi connectivity index (χ2v) is 3.21. The molecule has 1 aliphatic rings. The number of carboxylic acid groups (broad SMARTS) is 1. The minimum atomic E-state index is -1.50. The van der Waals surface area contributed by atoms with Crippen LogP contribution in [0.15, 0.2) is 11.1 Å². The Hall–Kier alpha value is -0.910. The quantitative estimate of drug-likeness (QED) is 0.417. The molecule has 3 atom stereocenters. The Kier molecular flexibility index (Phi) is 2.70. The maximum Gasteiger partial charge on any atom is 0.334 e. The molecule has 0 bridgehead atoms. The van der Waals surface area contributed by atoms with Crippen LogP contribution in [0.25, 0.3) is 0 Å². The van der Waals surface area contributed by atoms with Crippen molar-refractivity contribution < 1.29 is 25.2 Å². The third kappa shape index (κ3) is 1.72. The average molecular weight is 188 g/mol. The zero-order chi connectivity index (χ0) is 10.2. The van der Waals surface area contributed by atoms with Gasteiger partial charge in [-0.3, -0.25) is 0 Å². The molecule has 0 amide bonds. The molecule has 4 N–H and O–H groups in total. The Morgan fingerprint density at radius 2 is 1.92 bits per heavy atom. The molecule has 1 rings (SSSR count). The van der Waals surface area contributed by atoms with Crippen molar-refractivity contribution in [2.75, 3.05) is 0 Å². The first-order chi connectivity index (χ1) is 5.95. The lowest BCUT2D eigenvalue weighted by molar-refractivity contribution is -0.136. The molecule has 0 aromatic heterocycles. The van der Waals surface area contributed by atoms with Crippen molar-refractivity contribution in [2.24, 2.45) is 0 Å². The van der Waals surface area contributed by atoms with Crippen LogP contribution in [0.2, 0.25) is 0 Å². The van der Waals surface area contributed by atoms with E-state index in [0.29, 0.717) is 5.57 Å². The lowest BCUT2D eigenvalue weighted by Gasteiger charge is -2.29. The minimum absolute atomic E-state index is 0.0832. The number of aliphatic hydroxyl groups is 3. The van der Waals surface area contributed by atoms with E-state index in [2.05, 4.69) is 0 Å². The van der Waals surface area contributed by atoms with Gasteiger partial charge in [0, 0.05) is 0 Å². The van der Waals surface area contributed by atoms with E-state index in [1.54, 1.807) is 0 Å². The highest BCUT2D eigenvalue weighted by Gasteiger charge is 2.36. The van der Waals surface area contributed by atoms with E-state index >= 15 is 0 Å². The van der Waals surface area contributed by atoms with Gasteiger partial charge in [-0.15, -0.1) is 0 Å².